The van der Waals surface area contributed by atoms with Crippen LogP contribution >= 0.6 is 39.9 Å². The second-order valence-electron chi connectivity index (χ2n) is 3.76. The first-order valence-electron chi connectivity index (χ1n) is 5.43. The molecule has 94 valence electrons. The summed E-state index contributed by atoms with van der Waals surface area (Å²) in [6.45, 7) is 2.17. The number of thiocarbonyl (C=S) groups is 1. The van der Waals surface area contributed by atoms with E-state index in [0.717, 1.165) is 27.9 Å². The van der Waals surface area contributed by atoms with E-state index in [1.165, 1.54) is 0 Å². The van der Waals surface area contributed by atoms with Crippen molar-refractivity contribution in [2.75, 3.05) is 17.3 Å². The number of hydrogen-bond acceptors (Lipinski definition) is 3. The highest BCUT2D eigenvalue weighted by molar-refractivity contribution is 9.10. The van der Waals surface area contributed by atoms with Crippen LogP contribution in [0.3, 0.4) is 0 Å². The van der Waals surface area contributed by atoms with E-state index < -0.39 is 0 Å². The van der Waals surface area contributed by atoms with Crippen LogP contribution in [0.1, 0.15) is 18.9 Å². The lowest BCUT2D eigenvalue weighted by molar-refractivity contribution is 0.775. The minimum Gasteiger partial charge on any atom is -0.389 e. The van der Waals surface area contributed by atoms with Gasteiger partial charge in [0, 0.05) is 27.5 Å². The predicted molar refractivity (Wildman–Crippen MR) is 86.1 cm³/mol. The zero-order valence-corrected chi connectivity index (χ0v) is 13.2. The zero-order chi connectivity index (χ0) is 12.8. The zero-order valence-electron chi connectivity index (χ0n) is 10.00. The third kappa shape index (κ3) is 4.48. The van der Waals surface area contributed by atoms with Gasteiger partial charge in [0.25, 0.3) is 0 Å². The summed E-state index contributed by atoms with van der Waals surface area (Å²) in [5.41, 5.74) is 7.65. The van der Waals surface area contributed by atoms with Crippen LogP contribution in [-0.4, -0.2) is 23.0 Å². The lowest BCUT2D eigenvalue weighted by Crippen LogP contribution is -2.23. The average molecular weight is 333 g/mol. The van der Waals surface area contributed by atoms with E-state index in [2.05, 4.69) is 34.4 Å². The van der Waals surface area contributed by atoms with Crippen LogP contribution < -0.4 is 11.1 Å². The normalized spacial score (nSPS) is 12.2. The Hall–Kier alpha value is -0.260. The fraction of sp³-hybridized carbons (Fsp3) is 0.417. The lowest BCUT2D eigenvalue weighted by atomic mass is 10.1. The first-order valence-corrected chi connectivity index (χ1v) is 8.02. The van der Waals surface area contributed by atoms with Crippen molar-refractivity contribution < 1.29 is 0 Å². The quantitative estimate of drug-likeness (QED) is 0.780. The SMILES string of the molecule is CCC(CSC)Nc1ccc(Br)cc1C(N)=S. The van der Waals surface area contributed by atoms with Gasteiger partial charge in [-0.05, 0) is 30.9 Å². The van der Waals surface area contributed by atoms with Crippen molar-refractivity contribution in [2.45, 2.75) is 19.4 Å². The molecule has 1 atom stereocenters. The summed E-state index contributed by atoms with van der Waals surface area (Å²) in [6, 6.07) is 6.41. The molecule has 1 aromatic rings. The number of thioether (sulfide) groups is 1. The van der Waals surface area contributed by atoms with Crippen molar-refractivity contribution in [1.29, 1.82) is 0 Å². The Morgan fingerprint density at radius 1 is 1.59 bits per heavy atom. The Morgan fingerprint density at radius 3 is 2.82 bits per heavy atom. The van der Waals surface area contributed by atoms with Crippen molar-refractivity contribution in [3.63, 3.8) is 0 Å². The fourth-order valence-corrected chi connectivity index (χ4v) is 2.78. The van der Waals surface area contributed by atoms with Crippen LogP contribution in [-0.2, 0) is 0 Å². The molecular weight excluding hydrogens is 316 g/mol. The Bertz CT molecular complexity index is 396. The molecule has 0 aliphatic rings. The third-order valence-electron chi connectivity index (χ3n) is 2.47. The number of nitrogens with one attached hydrogen (secondary N) is 1. The summed E-state index contributed by atoms with van der Waals surface area (Å²) >= 11 is 10.3. The van der Waals surface area contributed by atoms with Gasteiger partial charge in [0.15, 0.2) is 0 Å². The van der Waals surface area contributed by atoms with E-state index in [1.54, 1.807) is 0 Å². The molecule has 0 heterocycles. The molecule has 0 spiro atoms. The Labute approximate surface area is 121 Å². The summed E-state index contributed by atoms with van der Waals surface area (Å²) in [5, 5.41) is 3.50. The number of rotatable bonds is 6. The summed E-state index contributed by atoms with van der Waals surface area (Å²) in [6.07, 6.45) is 3.19. The average Bonchev–Trinajstić information content (AvgIpc) is 2.30. The predicted octanol–water partition coefficient (Wildman–Crippen LogP) is 3.64. The van der Waals surface area contributed by atoms with Crippen LogP contribution in [0, 0.1) is 0 Å². The minimum absolute atomic E-state index is 0.424. The molecule has 5 heteroatoms. The molecule has 0 aliphatic carbocycles. The van der Waals surface area contributed by atoms with Crippen molar-refractivity contribution in [1.82, 2.24) is 0 Å². The first-order chi connectivity index (χ1) is 8.08. The summed E-state index contributed by atoms with van der Waals surface area (Å²) in [7, 11) is 0. The van der Waals surface area contributed by atoms with Crippen LogP contribution in [0.5, 0.6) is 0 Å². The van der Waals surface area contributed by atoms with Crippen LogP contribution in [0.4, 0.5) is 5.69 Å². The second kappa shape index (κ2) is 7.24. The van der Waals surface area contributed by atoms with Gasteiger partial charge in [0.1, 0.15) is 4.99 Å². The van der Waals surface area contributed by atoms with Gasteiger partial charge < -0.3 is 11.1 Å². The van der Waals surface area contributed by atoms with Gasteiger partial charge in [-0.25, -0.2) is 0 Å². The van der Waals surface area contributed by atoms with Crippen molar-refractivity contribution in [3.8, 4) is 0 Å². The van der Waals surface area contributed by atoms with E-state index >= 15 is 0 Å². The van der Waals surface area contributed by atoms with Crippen molar-refractivity contribution >= 4 is 50.6 Å². The van der Waals surface area contributed by atoms with E-state index in [4.69, 9.17) is 18.0 Å². The van der Waals surface area contributed by atoms with Crippen LogP contribution in [0.25, 0.3) is 0 Å². The molecule has 0 radical (unpaired) electrons. The van der Waals surface area contributed by atoms with E-state index in [9.17, 15) is 0 Å². The van der Waals surface area contributed by atoms with Gasteiger partial charge in [-0.15, -0.1) is 0 Å². The van der Waals surface area contributed by atoms with E-state index in [1.807, 2.05) is 30.0 Å². The van der Waals surface area contributed by atoms with Crippen molar-refractivity contribution in [2.24, 2.45) is 5.73 Å². The first kappa shape index (κ1) is 14.8. The lowest BCUT2D eigenvalue weighted by Gasteiger charge is -2.19. The molecule has 0 saturated heterocycles. The smallest absolute Gasteiger partial charge is 0.106 e. The molecule has 0 aromatic heterocycles. The van der Waals surface area contributed by atoms with Gasteiger partial charge in [-0.1, -0.05) is 35.1 Å². The Kier molecular flexibility index (Phi) is 6.30. The highest BCUT2D eigenvalue weighted by Gasteiger charge is 2.10. The van der Waals surface area contributed by atoms with Gasteiger partial charge >= 0.3 is 0 Å². The molecule has 0 bridgehead atoms. The molecule has 1 aromatic carbocycles. The minimum atomic E-state index is 0.424. The molecular formula is C12H17BrN2S2. The molecule has 1 rings (SSSR count). The number of nitrogens with two attached hydrogens (primary N) is 1. The number of hydrogen-bond donors (Lipinski definition) is 2. The van der Waals surface area contributed by atoms with Gasteiger partial charge in [-0.3, -0.25) is 0 Å². The van der Waals surface area contributed by atoms with E-state index in [0.29, 0.717) is 11.0 Å². The monoisotopic (exact) mass is 332 g/mol. The Morgan fingerprint density at radius 2 is 2.29 bits per heavy atom. The van der Waals surface area contributed by atoms with Gasteiger partial charge in [-0.2, -0.15) is 11.8 Å². The number of anilines is 1. The fourth-order valence-electron chi connectivity index (χ4n) is 1.53. The maximum Gasteiger partial charge on any atom is 0.106 e. The molecule has 0 fully saturated rings. The largest absolute Gasteiger partial charge is 0.389 e. The molecule has 3 N–H and O–H groups in total. The Balaban J connectivity index is 2.92. The summed E-state index contributed by atoms with van der Waals surface area (Å²) in [5.74, 6) is 1.07. The molecule has 0 amide bonds. The second-order valence-corrected chi connectivity index (χ2v) is 6.03. The molecule has 17 heavy (non-hydrogen) atoms. The summed E-state index contributed by atoms with van der Waals surface area (Å²) < 4.78 is 0.990. The molecule has 1 unspecified atom stereocenters. The van der Waals surface area contributed by atoms with E-state index in [-0.39, 0.29) is 0 Å². The van der Waals surface area contributed by atoms with Crippen molar-refractivity contribution in [3.05, 3.63) is 28.2 Å². The standard InChI is InChI=1S/C12H17BrN2S2/c1-3-9(7-17-2)15-11-5-4-8(13)6-10(11)12(14)16/h4-6,9,15H,3,7H2,1-2H3,(H2,14,16). The highest BCUT2D eigenvalue weighted by Crippen LogP contribution is 2.22. The molecule has 0 saturated carbocycles. The maximum atomic E-state index is 5.74. The topological polar surface area (TPSA) is 38.0 Å². The third-order valence-corrected chi connectivity index (χ3v) is 3.92. The van der Waals surface area contributed by atoms with Crippen LogP contribution in [0.15, 0.2) is 22.7 Å². The number of halogens is 1. The van der Waals surface area contributed by atoms with Crippen LogP contribution in [0.2, 0.25) is 0 Å². The molecule has 0 aliphatic heterocycles. The van der Waals surface area contributed by atoms with Gasteiger partial charge in [0.2, 0.25) is 0 Å². The van der Waals surface area contributed by atoms with Gasteiger partial charge in [0.05, 0.1) is 0 Å². The molecule has 2 nitrogen and oxygen atoms in total. The maximum absolute atomic E-state index is 5.74. The number of benzene rings is 1. The highest BCUT2D eigenvalue weighted by atomic mass is 79.9. The summed E-state index contributed by atoms with van der Waals surface area (Å²) in [4.78, 5) is 0.424.